The molecule has 12 heavy (non-hydrogen) atoms. The maximum Gasteiger partial charge on any atom is 0.139 e. The lowest BCUT2D eigenvalue weighted by atomic mass is 9.87. The first-order valence-corrected chi connectivity index (χ1v) is 5.30. The van der Waals surface area contributed by atoms with Crippen LogP contribution in [-0.2, 0) is 4.74 Å². The molecule has 1 heterocycles. The lowest BCUT2D eigenvalue weighted by Gasteiger charge is -2.24. The van der Waals surface area contributed by atoms with Gasteiger partial charge in [-0.15, -0.1) is 0 Å². The lowest BCUT2D eigenvalue weighted by molar-refractivity contribution is 0.0321. The highest BCUT2D eigenvalue weighted by atomic mass is 16.5. The van der Waals surface area contributed by atoms with E-state index in [9.17, 15) is 0 Å². The predicted octanol–water partition coefficient (Wildman–Crippen LogP) is 1.81. The van der Waals surface area contributed by atoms with Crippen molar-refractivity contribution in [2.24, 2.45) is 11.8 Å². The summed E-state index contributed by atoms with van der Waals surface area (Å²) in [6, 6.07) is 0.501. The molecule has 0 aromatic carbocycles. The van der Waals surface area contributed by atoms with Crippen molar-refractivity contribution in [1.29, 1.82) is 0 Å². The third kappa shape index (κ3) is 2.26. The van der Waals surface area contributed by atoms with Crippen LogP contribution in [0.1, 0.15) is 40.0 Å². The Bertz CT molecular complexity index is 138. The van der Waals surface area contributed by atoms with Crippen molar-refractivity contribution < 1.29 is 4.74 Å². The third-order valence-corrected chi connectivity index (χ3v) is 3.39. The van der Waals surface area contributed by atoms with E-state index in [0.717, 1.165) is 11.8 Å². The molecule has 1 aliphatic heterocycles. The quantitative estimate of drug-likeness (QED) is 0.584. The van der Waals surface area contributed by atoms with Crippen LogP contribution in [0, 0.1) is 11.8 Å². The Kier molecular flexibility index (Phi) is 3.63. The molecule has 1 aliphatic rings. The molecule has 0 aliphatic carbocycles. The first-order chi connectivity index (χ1) is 5.65. The molecule has 0 spiro atoms. The molecule has 0 amide bonds. The fourth-order valence-electron chi connectivity index (χ4n) is 1.96. The Morgan fingerprint density at radius 1 is 1.42 bits per heavy atom. The van der Waals surface area contributed by atoms with E-state index >= 15 is 0 Å². The Balaban J connectivity index is 2.37. The average Bonchev–Trinajstić information content (AvgIpc) is 2.49. The van der Waals surface area contributed by atoms with Gasteiger partial charge in [0.15, 0.2) is 0 Å². The van der Waals surface area contributed by atoms with Crippen molar-refractivity contribution in [2.45, 2.75) is 52.1 Å². The standard InChI is InChI=1S/C10H21BO/c1-4-7(2)8(3)9-5-6-10(11)12-9/h7-10H,4-6,11H2,1-3H3/t7?,8?,9?,10-/m1/s1. The summed E-state index contributed by atoms with van der Waals surface area (Å²) in [5, 5.41) is 0. The zero-order valence-corrected chi connectivity index (χ0v) is 8.84. The van der Waals surface area contributed by atoms with Crippen molar-refractivity contribution >= 4 is 7.85 Å². The molecular weight excluding hydrogens is 147 g/mol. The van der Waals surface area contributed by atoms with E-state index in [0.29, 0.717) is 12.1 Å². The predicted molar refractivity (Wildman–Crippen MR) is 55.1 cm³/mol. The molecule has 2 heteroatoms. The van der Waals surface area contributed by atoms with Crippen molar-refractivity contribution in [3.05, 3.63) is 0 Å². The summed E-state index contributed by atoms with van der Waals surface area (Å²) in [4.78, 5) is 0. The summed E-state index contributed by atoms with van der Waals surface area (Å²) >= 11 is 0. The van der Waals surface area contributed by atoms with E-state index in [2.05, 4.69) is 28.6 Å². The second-order valence-electron chi connectivity index (χ2n) is 4.31. The van der Waals surface area contributed by atoms with Crippen LogP contribution in [0.15, 0.2) is 0 Å². The van der Waals surface area contributed by atoms with Gasteiger partial charge in [-0.25, -0.2) is 0 Å². The van der Waals surface area contributed by atoms with Crippen molar-refractivity contribution in [3.63, 3.8) is 0 Å². The average molecular weight is 168 g/mol. The van der Waals surface area contributed by atoms with E-state index in [-0.39, 0.29) is 0 Å². The number of rotatable bonds is 3. The van der Waals surface area contributed by atoms with Gasteiger partial charge >= 0.3 is 0 Å². The zero-order valence-electron chi connectivity index (χ0n) is 8.84. The van der Waals surface area contributed by atoms with Gasteiger partial charge < -0.3 is 4.74 Å². The van der Waals surface area contributed by atoms with E-state index < -0.39 is 0 Å². The second-order valence-corrected chi connectivity index (χ2v) is 4.31. The summed E-state index contributed by atoms with van der Waals surface area (Å²) in [7, 11) is 2.18. The van der Waals surface area contributed by atoms with Crippen LogP contribution in [0.4, 0.5) is 0 Å². The molecule has 1 saturated heterocycles. The summed E-state index contributed by atoms with van der Waals surface area (Å²) in [6.45, 7) is 6.92. The van der Waals surface area contributed by atoms with Crippen LogP contribution in [-0.4, -0.2) is 20.0 Å². The highest BCUT2D eigenvalue weighted by molar-refractivity contribution is 6.11. The molecule has 0 bridgehead atoms. The molecule has 0 N–H and O–H groups in total. The van der Waals surface area contributed by atoms with Crippen molar-refractivity contribution in [2.75, 3.05) is 0 Å². The van der Waals surface area contributed by atoms with Gasteiger partial charge in [0.1, 0.15) is 7.85 Å². The van der Waals surface area contributed by atoms with Crippen LogP contribution in [0.3, 0.4) is 0 Å². The van der Waals surface area contributed by atoms with Crippen LogP contribution >= 0.6 is 0 Å². The van der Waals surface area contributed by atoms with E-state index in [1.54, 1.807) is 0 Å². The summed E-state index contributed by atoms with van der Waals surface area (Å²) in [5.41, 5.74) is 0. The zero-order chi connectivity index (χ0) is 9.14. The van der Waals surface area contributed by atoms with E-state index in [1.165, 1.54) is 19.3 Å². The second kappa shape index (κ2) is 4.31. The maximum absolute atomic E-state index is 5.85. The van der Waals surface area contributed by atoms with Gasteiger partial charge in [-0.05, 0) is 24.7 Å². The van der Waals surface area contributed by atoms with E-state index in [1.807, 2.05) is 0 Å². The third-order valence-electron chi connectivity index (χ3n) is 3.39. The van der Waals surface area contributed by atoms with Gasteiger partial charge in [0.2, 0.25) is 0 Å². The minimum atomic E-state index is 0.501. The highest BCUT2D eigenvalue weighted by Crippen LogP contribution is 2.29. The molecule has 0 aromatic rings. The summed E-state index contributed by atoms with van der Waals surface area (Å²) in [6.07, 6.45) is 4.34. The monoisotopic (exact) mass is 168 g/mol. The SMILES string of the molecule is B[C@H]1CCC(C(C)C(C)CC)O1. The molecular formula is C10H21BO. The number of ether oxygens (including phenoxy) is 1. The molecule has 0 aromatic heterocycles. The van der Waals surface area contributed by atoms with Crippen LogP contribution in [0.5, 0.6) is 0 Å². The topological polar surface area (TPSA) is 9.23 Å². The van der Waals surface area contributed by atoms with Gasteiger partial charge in [-0.1, -0.05) is 27.2 Å². The molecule has 3 unspecified atom stereocenters. The Morgan fingerprint density at radius 2 is 2.08 bits per heavy atom. The molecule has 0 saturated carbocycles. The first-order valence-electron chi connectivity index (χ1n) is 5.30. The Hall–Kier alpha value is 0.0249. The molecule has 1 fully saturated rings. The molecule has 1 nitrogen and oxygen atoms in total. The largest absolute Gasteiger partial charge is 0.384 e. The van der Waals surface area contributed by atoms with Crippen LogP contribution in [0.2, 0.25) is 0 Å². The fraction of sp³-hybridized carbons (Fsp3) is 1.00. The minimum absolute atomic E-state index is 0.501. The summed E-state index contributed by atoms with van der Waals surface area (Å²) < 4.78 is 5.85. The van der Waals surface area contributed by atoms with Gasteiger partial charge in [0, 0.05) is 6.00 Å². The normalized spacial score (nSPS) is 34.9. The number of hydrogen-bond acceptors (Lipinski definition) is 1. The Labute approximate surface area is 77.3 Å². The van der Waals surface area contributed by atoms with Gasteiger partial charge in [-0.3, -0.25) is 0 Å². The summed E-state index contributed by atoms with van der Waals surface area (Å²) in [5.74, 6) is 1.54. The molecule has 1 rings (SSSR count). The van der Waals surface area contributed by atoms with Crippen molar-refractivity contribution in [1.82, 2.24) is 0 Å². The highest BCUT2D eigenvalue weighted by Gasteiger charge is 2.28. The van der Waals surface area contributed by atoms with Gasteiger partial charge in [0.25, 0.3) is 0 Å². The van der Waals surface area contributed by atoms with E-state index in [4.69, 9.17) is 4.74 Å². The van der Waals surface area contributed by atoms with Gasteiger partial charge in [0.05, 0.1) is 6.10 Å². The van der Waals surface area contributed by atoms with Gasteiger partial charge in [-0.2, -0.15) is 0 Å². The molecule has 70 valence electrons. The van der Waals surface area contributed by atoms with Crippen LogP contribution < -0.4 is 0 Å². The smallest absolute Gasteiger partial charge is 0.139 e. The molecule has 0 radical (unpaired) electrons. The minimum Gasteiger partial charge on any atom is -0.384 e. The lowest BCUT2D eigenvalue weighted by Crippen LogP contribution is -2.24. The molecule has 4 atom stereocenters. The first kappa shape index (κ1) is 10.1. The number of hydrogen-bond donors (Lipinski definition) is 0. The Morgan fingerprint density at radius 3 is 2.50 bits per heavy atom. The maximum atomic E-state index is 5.85. The fourth-order valence-corrected chi connectivity index (χ4v) is 1.96. The van der Waals surface area contributed by atoms with Crippen molar-refractivity contribution in [3.8, 4) is 0 Å². The van der Waals surface area contributed by atoms with Crippen LogP contribution in [0.25, 0.3) is 0 Å².